The predicted octanol–water partition coefficient (Wildman–Crippen LogP) is 2.22. The zero-order valence-corrected chi connectivity index (χ0v) is 13.0. The fourth-order valence-electron chi connectivity index (χ4n) is 2.17. The lowest BCUT2D eigenvalue weighted by Gasteiger charge is -2.14. The first-order valence-electron chi connectivity index (χ1n) is 7.31. The quantitative estimate of drug-likeness (QED) is 0.656. The highest BCUT2D eigenvalue weighted by atomic mass is 16.2. The number of amides is 1. The minimum atomic E-state index is -0.244. The minimum absolute atomic E-state index is 0.134. The Morgan fingerprint density at radius 3 is 2.73 bits per heavy atom. The number of hydrazine groups is 1. The van der Waals surface area contributed by atoms with Gasteiger partial charge in [-0.1, -0.05) is 25.1 Å². The van der Waals surface area contributed by atoms with E-state index in [1.165, 1.54) is 4.57 Å². The Morgan fingerprint density at radius 2 is 2.05 bits per heavy atom. The topological polar surface area (TPSA) is 76.0 Å². The standard InChI is InChI=1S/C16H20N4O2/c1-4-8-11(3)14(21)18-19-16-17-13-10-7-6-9-12(13)15(22)20(16)5-2/h6-10H,4-5H2,1-3H3,(H,17,19)(H,18,21). The van der Waals surface area contributed by atoms with Crippen molar-refractivity contribution in [2.75, 3.05) is 5.43 Å². The van der Waals surface area contributed by atoms with Crippen LogP contribution >= 0.6 is 0 Å². The van der Waals surface area contributed by atoms with Crippen LogP contribution in [-0.2, 0) is 11.3 Å². The van der Waals surface area contributed by atoms with Gasteiger partial charge >= 0.3 is 0 Å². The third-order valence-corrected chi connectivity index (χ3v) is 3.33. The van der Waals surface area contributed by atoms with Gasteiger partial charge in [0, 0.05) is 12.1 Å². The lowest BCUT2D eigenvalue weighted by molar-refractivity contribution is -0.117. The van der Waals surface area contributed by atoms with Crippen molar-refractivity contribution in [1.82, 2.24) is 15.0 Å². The number of hydrogen-bond donors (Lipinski definition) is 2. The van der Waals surface area contributed by atoms with Gasteiger partial charge in [-0.05, 0) is 32.4 Å². The highest BCUT2D eigenvalue weighted by Crippen LogP contribution is 2.10. The number of allylic oxidation sites excluding steroid dienone is 1. The van der Waals surface area contributed by atoms with Crippen molar-refractivity contribution in [3.05, 3.63) is 46.3 Å². The Kier molecular flexibility index (Phi) is 4.93. The molecule has 0 bridgehead atoms. The molecule has 0 aliphatic rings. The van der Waals surface area contributed by atoms with Gasteiger partial charge in [-0.15, -0.1) is 0 Å². The normalized spacial score (nSPS) is 11.5. The van der Waals surface area contributed by atoms with E-state index in [1.807, 2.05) is 26.0 Å². The number of rotatable bonds is 5. The van der Waals surface area contributed by atoms with Crippen LogP contribution in [0.4, 0.5) is 5.95 Å². The summed E-state index contributed by atoms with van der Waals surface area (Å²) in [6, 6.07) is 7.14. The van der Waals surface area contributed by atoms with E-state index in [4.69, 9.17) is 0 Å². The Labute approximate surface area is 128 Å². The monoisotopic (exact) mass is 300 g/mol. The van der Waals surface area contributed by atoms with Crippen LogP contribution in [0, 0.1) is 0 Å². The fraction of sp³-hybridized carbons (Fsp3) is 0.312. The molecule has 0 spiro atoms. The van der Waals surface area contributed by atoms with Crippen molar-refractivity contribution >= 4 is 22.8 Å². The van der Waals surface area contributed by atoms with E-state index in [1.54, 1.807) is 25.1 Å². The second-order valence-corrected chi connectivity index (χ2v) is 4.88. The van der Waals surface area contributed by atoms with Gasteiger partial charge in [0.05, 0.1) is 10.9 Å². The summed E-state index contributed by atoms with van der Waals surface area (Å²) in [4.78, 5) is 28.7. The van der Waals surface area contributed by atoms with E-state index in [2.05, 4.69) is 15.8 Å². The summed E-state index contributed by atoms with van der Waals surface area (Å²) in [5, 5.41) is 0.559. The average Bonchev–Trinajstić information content (AvgIpc) is 2.53. The van der Waals surface area contributed by atoms with Crippen molar-refractivity contribution in [2.24, 2.45) is 0 Å². The molecule has 1 aromatic heterocycles. The summed E-state index contributed by atoms with van der Waals surface area (Å²) >= 11 is 0. The summed E-state index contributed by atoms with van der Waals surface area (Å²) in [5.41, 5.74) is 6.39. The third-order valence-electron chi connectivity index (χ3n) is 3.33. The first-order chi connectivity index (χ1) is 10.6. The van der Waals surface area contributed by atoms with E-state index in [0.29, 0.717) is 29.0 Å². The first-order valence-corrected chi connectivity index (χ1v) is 7.31. The zero-order valence-electron chi connectivity index (χ0n) is 13.0. The number of benzene rings is 1. The molecule has 2 aromatic rings. The summed E-state index contributed by atoms with van der Waals surface area (Å²) in [6.07, 6.45) is 2.62. The van der Waals surface area contributed by atoms with Crippen LogP contribution in [0.3, 0.4) is 0 Å². The van der Waals surface area contributed by atoms with E-state index < -0.39 is 0 Å². The van der Waals surface area contributed by atoms with Gasteiger partial charge in [0.1, 0.15) is 0 Å². The Hall–Kier alpha value is -2.63. The van der Waals surface area contributed by atoms with E-state index in [-0.39, 0.29) is 11.5 Å². The van der Waals surface area contributed by atoms with Crippen molar-refractivity contribution < 1.29 is 4.79 Å². The van der Waals surface area contributed by atoms with Gasteiger partial charge in [0.2, 0.25) is 5.95 Å². The SMILES string of the molecule is CCC=C(C)C(=O)NNc1nc2ccccc2c(=O)n1CC. The van der Waals surface area contributed by atoms with Crippen LogP contribution in [0.5, 0.6) is 0 Å². The van der Waals surface area contributed by atoms with Crippen molar-refractivity contribution in [1.29, 1.82) is 0 Å². The molecule has 22 heavy (non-hydrogen) atoms. The number of carbonyl (C=O) groups excluding carboxylic acids is 1. The number of aromatic nitrogens is 2. The molecule has 0 radical (unpaired) electrons. The van der Waals surface area contributed by atoms with Crippen molar-refractivity contribution in [3.63, 3.8) is 0 Å². The van der Waals surface area contributed by atoms with Gasteiger partial charge in [-0.2, -0.15) is 0 Å². The van der Waals surface area contributed by atoms with Crippen molar-refractivity contribution in [3.8, 4) is 0 Å². The van der Waals surface area contributed by atoms with Gasteiger partial charge in [0.25, 0.3) is 11.5 Å². The molecule has 1 heterocycles. The number of nitrogens with zero attached hydrogens (tertiary/aromatic N) is 2. The fourth-order valence-corrected chi connectivity index (χ4v) is 2.17. The third kappa shape index (κ3) is 3.16. The van der Waals surface area contributed by atoms with Crippen LogP contribution in [0.2, 0.25) is 0 Å². The number of fused-ring (bicyclic) bond motifs is 1. The summed E-state index contributed by atoms with van der Waals surface area (Å²) in [5.74, 6) is 0.0794. The number of carbonyl (C=O) groups is 1. The summed E-state index contributed by atoms with van der Waals surface area (Å²) in [6.45, 7) is 6.01. The van der Waals surface area contributed by atoms with E-state index in [0.717, 1.165) is 6.42 Å². The highest BCUT2D eigenvalue weighted by Gasteiger charge is 2.10. The minimum Gasteiger partial charge on any atom is -0.277 e. The van der Waals surface area contributed by atoms with E-state index in [9.17, 15) is 9.59 Å². The molecule has 1 aromatic carbocycles. The molecule has 2 N–H and O–H groups in total. The smallest absolute Gasteiger partial charge is 0.265 e. The van der Waals surface area contributed by atoms with E-state index >= 15 is 0 Å². The molecular weight excluding hydrogens is 280 g/mol. The number of hydrogen-bond acceptors (Lipinski definition) is 4. The second kappa shape index (κ2) is 6.89. The van der Waals surface area contributed by atoms with Crippen LogP contribution in [-0.4, -0.2) is 15.5 Å². The van der Waals surface area contributed by atoms with Crippen LogP contribution in [0.15, 0.2) is 40.7 Å². The molecule has 6 nitrogen and oxygen atoms in total. The average molecular weight is 300 g/mol. The Morgan fingerprint density at radius 1 is 1.32 bits per heavy atom. The number of para-hydroxylation sites is 1. The van der Waals surface area contributed by atoms with Crippen LogP contribution in [0.25, 0.3) is 10.9 Å². The molecule has 2 rings (SSSR count). The Bertz CT molecular complexity index is 777. The van der Waals surface area contributed by atoms with Crippen LogP contribution < -0.4 is 16.4 Å². The maximum absolute atomic E-state index is 12.4. The molecule has 0 saturated heterocycles. The molecule has 0 aliphatic heterocycles. The first kappa shape index (κ1) is 15.8. The number of nitrogens with one attached hydrogen (secondary N) is 2. The van der Waals surface area contributed by atoms with Gasteiger partial charge in [-0.3, -0.25) is 25.0 Å². The molecule has 0 atom stereocenters. The van der Waals surface area contributed by atoms with Crippen LogP contribution in [0.1, 0.15) is 27.2 Å². The lowest BCUT2D eigenvalue weighted by Crippen LogP contribution is -2.34. The lowest BCUT2D eigenvalue weighted by atomic mass is 10.2. The molecule has 0 saturated carbocycles. The molecule has 6 heteroatoms. The predicted molar refractivity (Wildman–Crippen MR) is 87.5 cm³/mol. The molecule has 0 unspecified atom stereocenters. The molecule has 116 valence electrons. The summed E-state index contributed by atoms with van der Waals surface area (Å²) < 4.78 is 1.49. The number of anilines is 1. The Balaban J connectivity index is 2.33. The molecule has 0 fully saturated rings. The van der Waals surface area contributed by atoms with Gasteiger partial charge in [0.15, 0.2) is 0 Å². The highest BCUT2D eigenvalue weighted by molar-refractivity contribution is 5.93. The van der Waals surface area contributed by atoms with Gasteiger partial charge in [-0.25, -0.2) is 4.98 Å². The van der Waals surface area contributed by atoms with Gasteiger partial charge < -0.3 is 0 Å². The second-order valence-electron chi connectivity index (χ2n) is 4.88. The molecule has 1 amide bonds. The largest absolute Gasteiger partial charge is 0.277 e. The maximum Gasteiger partial charge on any atom is 0.265 e. The van der Waals surface area contributed by atoms with Crippen molar-refractivity contribution in [2.45, 2.75) is 33.7 Å². The summed E-state index contributed by atoms with van der Waals surface area (Å²) in [7, 11) is 0. The molecular formula is C16H20N4O2. The maximum atomic E-state index is 12.4. The molecule has 0 aliphatic carbocycles. The zero-order chi connectivity index (χ0) is 16.1.